The second-order valence-corrected chi connectivity index (χ2v) is 4.73. The number of hydrogen-bond acceptors (Lipinski definition) is 3. The summed E-state index contributed by atoms with van der Waals surface area (Å²) in [6.07, 6.45) is 0. The fraction of sp³-hybridized carbons (Fsp3) is 0.0714. The molecule has 4 heteroatoms. The largest absolute Gasteiger partial charge is 0.456 e. The number of nitrogen functional groups attached to an aromatic ring is 1. The topological polar surface area (TPSA) is 59.0 Å². The van der Waals surface area contributed by atoms with Gasteiger partial charge in [-0.15, -0.1) is 0 Å². The number of hydrogen-bond donors (Lipinski definition) is 1. The van der Waals surface area contributed by atoms with Crippen molar-refractivity contribution in [1.82, 2.24) is 0 Å². The van der Waals surface area contributed by atoms with Crippen LogP contribution in [0.25, 0.3) is 0 Å². The van der Waals surface area contributed by atoms with E-state index >= 15 is 0 Å². The molecule has 0 radical (unpaired) electrons. The van der Waals surface area contributed by atoms with Gasteiger partial charge in [0.2, 0.25) is 0 Å². The van der Waals surface area contributed by atoms with E-state index in [1.807, 2.05) is 25.1 Å². The summed E-state index contributed by atoms with van der Waals surface area (Å²) in [7, 11) is 0. The average Bonchev–Trinajstić information content (AvgIpc) is 2.36. The van der Waals surface area contributed by atoms with Crippen LogP contribution >= 0.6 is 15.9 Å². The first-order valence-corrected chi connectivity index (χ1v) is 6.13. The van der Waals surface area contributed by atoms with Crippen molar-refractivity contribution < 1.29 is 4.74 Å². The van der Waals surface area contributed by atoms with Crippen LogP contribution in [0.2, 0.25) is 0 Å². The van der Waals surface area contributed by atoms with Gasteiger partial charge in [0.05, 0.1) is 5.56 Å². The summed E-state index contributed by atoms with van der Waals surface area (Å²) in [5.74, 6) is 1.20. The van der Waals surface area contributed by atoms with Gasteiger partial charge in [0.25, 0.3) is 0 Å². The molecule has 2 rings (SSSR count). The number of nitrogens with two attached hydrogens (primary N) is 1. The summed E-state index contributed by atoms with van der Waals surface area (Å²) >= 11 is 3.43. The first-order chi connectivity index (χ1) is 8.60. The van der Waals surface area contributed by atoms with E-state index in [4.69, 9.17) is 15.7 Å². The Kier molecular flexibility index (Phi) is 3.54. The first kappa shape index (κ1) is 12.5. The number of anilines is 1. The molecule has 0 fully saturated rings. The second kappa shape index (κ2) is 5.11. The van der Waals surface area contributed by atoms with Gasteiger partial charge < -0.3 is 10.5 Å². The smallest absolute Gasteiger partial charge is 0.145 e. The van der Waals surface area contributed by atoms with E-state index < -0.39 is 0 Å². The molecule has 18 heavy (non-hydrogen) atoms. The molecular formula is C14H11BrN2O. The van der Waals surface area contributed by atoms with Crippen LogP contribution < -0.4 is 10.5 Å². The van der Waals surface area contributed by atoms with Crippen molar-refractivity contribution in [3.05, 3.63) is 52.0 Å². The SMILES string of the molecule is Cc1cc(Oc2ccc(N)cc2C#N)ccc1Br. The third-order valence-electron chi connectivity index (χ3n) is 2.48. The monoisotopic (exact) mass is 302 g/mol. The van der Waals surface area contributed by atoms with Crippen molar-refractivity contribution in [2.75, 3.05) is 5.73 Å². The minimum Gasteiger partial charge on any atom is -0.456 e. The Balaban J connectivity index is 2.34. The predicted octanol–water partition coefficient (Wildman–Crippen LogP) is 4.00. The number of aryl methyl sites for hydroxylation is 1. The minimum atomic E-state index is 0.426. The van der Waals surface area contributed by atoms with E-state index in [-0.39, 0.29) is 0 Å². The summed E-state index contributed by atoms with van der Waals surface area (Å²) in [5.41, 5.74) is 7.67. The number of benzene rings is 2. The number of nitriles is 1. The van der Waals surface area contributed by atoms with Crippen molar-refractivity contribution in [3.63, 3.8) is 0 Å². The number of ether oxygens (including phenoxy) is 1. The van der Waals surface area contributed by atoms with Crippen LogP contribution in [-0.4, -0.2) is 0 Å². The first-order valence-electron chi connectivity index (χ1n) is 5.34. The van der Waals surface area contributed by atoms with E-state index in [0.717, 1.165) is 10.0 Å². The third-order valence-corrected chi connectivity index (χ3v) is 3.37. The molecule has 0 saturated carbocycles. The maximum Gasteiger partial charge on any atom is 0.145 e. The maximum absolute atomic E-state index is 9.03. The van der Waals surface area contributed by atoms with Gasteiger partial charge >= 0.3 is 0 Å². The molecule has 2 aromatic carbocycles. The van der Waals surface area contributed by atoms with E-state index in [9.17, 15) is 0 Å². The molecule has 0 saturated heterocycles. The highest BCUT2D eigenvalue weighted by atomic mass is 79.9. The summed E-state index contributed by atoms with van der Waals surface area (Å²) in [6.45, 7) is 1.98. The standard InChI is InChI=1S/C14H11BrN2O/c1-9-6-12(3-4-13(9)15)18-14-5-2-11(17)7-10(14)8-16/h2-7H,17H2,1H3. The van der Waals surface area contributed by atoms with E-state index in [0.29, 0.717) is 22.7 Å². The highest BCUT2D eigenvalue weighted by Crippen LogP contribution is 2.29. The summed E-state index contributed by atoms with van der Waals surface area (Å²) in [4.78, 5) is 0. The lowest BCUT2D eigenvalue weighted by molar-refractivity contribution is 0.480. The van der Waals surface area contributed by atoms with Crippen molar-refractivity contribution in [2.45, 2.75) is 6.92 Å². The third kappa shape index (κ3) is 2.63. The van der Waals surface area contributed by atoms with Crippen LogP contribution in [-0.2, 0) is 0 Å². The Hall–Kier alpha value is -1.99. The molecule has 2 aromatic rings. The molecule has 3 nitrogen and oxygen atoms in total. The van der Waals surface area contributed by atoms with E-state index in [1.54, 1.807) is 18.2 Å². The van der Waals surface area contributed by atoms with Gasteiger partial charge in [0.1, 0.15) is 17.6 Å². The molecule has 0 aromatic heterocycles. The molecule has 90 valence electrons. The van der Waals surface area contributed by atoms with Gasteiger partial charge in [-0.2, -0.15) is 5.26 Å². The van der Waals surface area contributed by atoms with Crippen LogP contribution in [0.15, 0.2) is 40.9 Å². The van der Waals surface area contributed by atoms with E-state index in [1.165, 1.54) is 0 Å². The summed E-state index contributed by atoms with van der Waals surface area (Å²) in [5, 5.41) is 9.03. The summed E-state index contributed by atoms with van der Waals surface area (Å²) < 4.78 is 6.71. The number of halogens is 1. The molecule has 0 unspecified atom stereocenters. The lowest BCUT2D eigenvalue weighted by Crippen LogP contribution is -1.91. The molecule has 0 aliphatic rings. The van der Waals surface area contributed by atoms with Gasteiger partial charge in [0.15, 0.2) is 0 Å². The number of rotatable bonds is 2. The average molecular weight is 303 g/mol. The Bertz CT molecular complexity index is 632. The molecule has 0 atom stereocenters. The predicted molar refractivity (Wildman–Crippen MR) is 74.5 cm³/mol. The Morgan fingerprint density at radius 3 is 2.67 bits per heavy atom. The van der Waals surface area contributed by atoms with E-state index in [2.05, 4.69) is 22.0 Å². The fourth-order valence-electron chi connectivity index (χ4n) is 1.53. The van der Waals surface area contributed by atoms with Gasteiger partial charge in [-0.25, -0.2) is 0 Å². The molecule has 0 spiro atoms. The Morgan fingerprint density at radius 1 is 1.22 bits per heavy atom. The number of nitrogens with zero attached hydrogens (tertiary/aromatic N) is 1. The maximum atomic E-state index is 9.03. The van der Waals surface area contributed by atoms with Crippen molar-refractivity contribution in [1.29, 1.82) is 5.26 Å². The van der Waals surface area contributed by atoms with Gasteiger partial charge in [-0.1, -0.05) is 15.9 Å². The van der Waals surface area contributed by atoms with Crippen LogP contribution in [0.4, 0.5) is 5.69 Å². The lowest BCUT2D eigenvalue weighted by Gasteiger charge is -2.09. The highest BCUT2D eigenvalue weighted by molar-refractivity contribution is 9.10. The van der Waals surface area contributed by atoms with Crippen molar-refractivity contribution >= 4 is 21.6 Å². The van der Waals surface area contributed by atoms with Crippen LogP contribution in [0.1, 0.15) is 11.1 Å². The highest BCUT2D eigenvalue weighted by Gasteiger charge is 2.06. The zero-order valence-electron chi connectivity index (χ0n) is 9.77. The molecule has 0 amide bonds. The van der Waals surface area contributed by atoms with Crippen molar-refractivity contribution in [3.8, 4) is 17.6 Å². The molecule has 2 N–H and O–H groups in total. The quantitative estimate of drug-likeness (QED) is 0.853. The Morgan fingerprint density at radius 2 is 2.00 bits per heavy atom. The zero-order chi connectivity index (χ0) is 13.1. The van der Waals surface area contributed by atoms with Gasteiger partial charge in [0, 0.05) is 10.2 Å². The lowest BCUT2D eigenvalue weighted by atomic mass is 10.2. The second-order valence-electron chi connectivity index (χ2n) is 3.88. The molecule has 0 heterocycles. The molecule has 0 aliphatic carbocycles. The summed E-state index contributed by atoms with van der Waals surface area (Å²) in [6, 6.07) is 12.7. The zero-order valence-corrected chi connectivity index (χ0v) is 11.4. The van der Waals surface area contributed by atoms with Crippen LogP contribution in [0.3, 0.4) is 0 Å². The molecule has 0 aliphatic heterocycles. The van der Waals surface area contributed by atoms with Gasteiger partial charge in [-0.3, -0.25) is 0 Å². The fourth-order valence-corrected chi connectivity index (χ4v) is 1.78. The minimum absolute atomic E-state index is 0.426. The molecule has 0 bridgehead atoms. The van der Waals surface area contributed by atoms with Crippen molar-refractivity contribution in [2.24, 2.45) is 0 Å². The molecular weight excluding hydrogens is 292 g/mol. The van der Waals surface area contributed by atoms with Crippen LogP contribution in [0.5, 0.6) is 11.5 Å². The Labute approximate surface area is 114 Å². The van der Waals surface area contributed by atoms with Crippen LogP contribution in [0, 0.1) is 18.3 Å². The van der Waals surface area contributed by atoms with Gasteiger partial charge in [-0.05, 0) is 48.9 Å². The normalized spacial score (nSPS) is 9.83.